The molecule has 0 heterocycles. The fourth-order valence-electron chi connectivity index (χ4n) is 0.195. The summed E-state index contributed by atoms with van der Waals surface area (Å²) in [5.74, 6) is 0. The van der Waals surface area contributed by atoms with Gasteiger partial charge in [-0.1, -0.05) is 0 Å². The summed E-state index contributed by atoms with van der Waals surface area (Å²) in [5.41, 5.74) is -12.5. The maximum absolute atomic E-state index is 11.4. The molecule has 0 aromatic heterocycles. The summed E-state index contributed by atoms with van der Waals surface area (Å²) in [5, 5.41) is 0. The van der Waals surface area contributed by atoms with Crippen LogP contribution < -0.4 is 0 Å². The minimum atomic E-state index is -6.85. The van der Waals surface area contributed by atoms with Gasteiger partial charge in [0.1, 0.15) is 0 Å². The molecule has 0 N–H and O–H groups in total. The van der Waals surface area contributed by atoms with Crippen LogP contribution in [0.5, 0.6) is 0 Å². The van der Waals surface area contributed by atoms with Gasteiger partial charge in [-0.25, -0.2) is 0 Å². The van der Waals surface area contributed by atoms with Gasteiger partial charge in [-0.2, -0.15) is 43.2 Å². The molecule has 0 atom stereocenters. The van der Waals surface area contributed by atoms with Crippen molar-refractivity contribution in [3.05, 3.63) is 0 Å². The van der Waals surface area contributed by atoms with E-state index in [1.54, 1.807) is 0 Å². The molecule has 0 unspecified atom stereocenters. The summed E-state index contributed by atoms with van der Waals surface area (Å²) >= 11 is 0. The summed E-state index contributed by atoms with van der Waals surface area (Å²) < 4.78 is 110. The Hall–Kier alpha value is 1.96. The third-order valence-corrected chi connectivity index (χ3v) is 3.31. The molecule has 0 fully saturated rings. The van der Waals surface area contributed by atoms with E-state index in [0.717, 1.165) is 0 Å². The normalized spacial score (nSPS) is 13.5. The summed E-state index contributed by atoms with van der Waals surface area (Å²) in [6.45, 7) is 0. The van der Waals surface area contributed by atoms with Crippen molar-refractivity contribution in [3.63, 3.8) is 0 Å². The fourth-order valence-corrected chi connectivity index (χ4v) is 1.76. The van der Waals surface area contributed by atoms with Gasteiger partial charge in [-0.3, -0.25) is 0 Å². The van der Waals surface area contributed by atoms with Crippen molar-refractivity contribution < 1.29 is 122 Å². The molecule has 17 heavy (non-hydrogen) atoms. The second kappa shape index (κ2) is 7.11. The largest absolute Gasteiger partial charge is 0.524 e. The Balaban J connectivity index is -0.000000980. The quantitative estimate of drug-likeness (QED) is 0.534. The van der Waals surface area contributed by atoms with E-state index >= 15 is 0 Å². The fraction of sp³-hybridized carbons (Fsp3) is 1.00. The van der Waals surface area contributed by atoms with E-state index in [0.29, 0.717) is 0 Å². The Bertz CT molecular complexity index is 390. The monoisotopic (exact) mass is 362 g/mol. The molecule has 0 aromatic carbocycles. The van der Waals surface area contributed by atoms with E-state index in [1.807, 2.05) is 3.63 Å². The number of alkyl halides is 6. The average Bonchev–Trinajstić information content (AvgIpc) is 1.77. The van der Waals surface area contributed by atoms with Crippen LogP contribution in [0.15, 0.2) is 0 Å². The van der Waals surface area contributed by atoms with Crippen molar-refractivity contribution in [2.75, 3.05) is 0 Å². The standard InChI is InChI=1S/C2F6O5S2.2Ar/c3-1(4,5)14(9,10)13-15(11,12)2(6,7)8;;. The first-order valence-corrected chi connectivity index (χ1v) is 5.36. The molecule has 0 bridgehead atoms. The molecule has 0 aliphatic carbocycles. The second-order valence-electron chi connectivity index (χ2n) is 1.87. The Kier molecular flexibility index (Phi) is 10.0. The molecule has 0 amide bonds. The molecule has 0 aliphatic rings. The smallest absolute Gasteiger partial charge is 0.188 e. The van der Waals surface area contributed by atoms with Crippen molar-refractivity contribution in [1.82, 2.24) is 0 Å². The van der Waals surface area contributed by atoms with E-state index in [1.165, 1.54) is 0 Å². The predicted octanol–water partition coefficient (Wildman–Crippen LogP) is 0.702. The molecule has 0 rings (SSSR count). The maximum Gasteiger partial charge on any atom is 0.524 e. The molecule has 15 heteroatoms. The zero-order chi connectivity index (χ0) is 12.7. The topological polar surface area (TPSA) is 77.5 Å². The molecule has 108 valence electrons. The first kappa shape index (κ1) is 24.0. The van der Waals surface area contributed by atoms with Gasteiger partial charge in [0.25, 0.3) is 0 Å². The Morgan fingerprint density at radius 1 is 0.647 bits per heavy atom. The molecule has 0 spiro atoms. The Labute approximate surface area is 151 Å². The second-order valence-corrected chi connectivity index (χ2v) is 5.15. The van der Waals surface area contributed by atoms with Crippen LogP contribution in [0.1, 0.15) is 0 Å². The molecule has 0 saturated carbocycles. The van der Waals surface area contributed by atoms with E-state index < -0.39 is 31.3 Å². The van der Waals surface area contributed by atoms with E-state index in [9.17, 15) is 43.2 Å². The van der Waals surface area contributed by atoms with Crippen LogP contribution in [0.2, 0.25) is 0 Å². The number of rotatable bonds is 2. The third kappa shape index (κ3) is 6.79. The molecule has 0 aliphatic heterocycles. The average molecular weight is 362 g/mol. The predicted molar refractivity (Wildman–Crippen MR) is 31.0 cm³/mol. The van der Waals surface area contributed by atoms with Gasteiger partial charge >= 0.3 is 31.3 Å². The van der Waals surface area contributed by atoms with Crippen molar-refractivity contribution >= 4 is 20.2 Å². The first-order valence-electron chi connectivity index (χ1n) is 2.54. The van der Waals surface area contributed by atoms with Gasteiger partial charge < -0.3 is 0 Å². The molecular weight excluding hydrogens is 362 g/mol. The van der Waals surface area contributed by atoms with Gasteiger partial charge in [0.15, 0.2) is 0 Å². The van der Waals surface area contributed by atoms with Crippen LogP contribution >= 0.6 is 0 Å². The molecule has 0 radical (unpaired) electrons. The van der Waals surface area contributed by atoms with E-state index in [-0.39, 0.29) is 75.5 Å². The molecule has 5 nitrogen and oxygen atoms in total. The van der Waals surface area contributed by atoms with Gasteiger partial charge in [0.2, 0.25) is 0 Å². The number of halogens is 6. The van der Waals surface area contributed by atoms with Crippen LogP contribution in [0, 0.1) is 75.5 Å². The Morgan fingerprint density at radius 2 is 0.824 bits per heavy atom. The van der Waals surface area contributed by atoms with Crippen LogP contribution in [-0.2, 0) is 23.9 Å². The van der Waals surface area contributed by atoms with Crippen LogP contribution in [0.3, 0.4) is 0 Å². The number of hydrogen-bond donors (Lipinski definition) is 0. The van der Waals surface area contributed by atoms with Crippen LogP contribution in [0.25, 0.3) is 0 Å². The third-order valence-electron chi connectivity index (χ3n) is 0.746. The van der Waals surface area contributed by atoms with Crippen molar-refractivity contribution in [2.24, 2.45) is 0 Å². The van der Waals surface area contributed by atoms with E-state index in [4.69, 9.17) is 0 Å². The molecule has 0 aromatic rings. The first-order chi connectivity index (χ1) is 6.21. The van der Waals surface area contributed by atoms with Crippen LogP contribution in [0.4, 0.5) is 26.3 Å². The van der Waals surface area contributed by atoms with Gasteiger partial charge in [0.05, 0.1) is 0 Å². The minimum Gasteiger partial charge on any atom is -0.188 e. The maximum atomic E-state index is 11.4. The van der Waals surface area contributed by atoms with Crippen LogP contribution in [-0.4, -0.2) is 27.9 Å². The van der Waals surface area contributed by atoms with Gasteiger partial charge in [-0.15, -0.1) is 3.63 Å². The molecule has 0 saturated heterocycles. The van der Waals surface area contributed by atoms with Crippen molar-refractivity contribution in [1.29, 1.82) is 0 Å². The van der Waals surface area contributed by atoms with Crippen molar-refractivity contribution in [3.8, 4) is 0 Å². The minimum absolute atomic E-state index is 0. The van der Waals surface area contributed by atoms with E-state index in [2.05, 4.69) is 0 Å². The van der Waals surface area contributed by atoms with Gasteiger partial charge in [0, 0.05) is 75.5 Å². The van der Waals surface area contributed by atoms with Crippen molar-refractivity contribution in [2.45, 2.75) is 11.0 Å². The summed E-state index contributed by atoms with van der Waals surface area (Å²) in [6, 6.07) is 0. The summed E-state index contributed by atoms with van der Waals surface area (Å²) in [7, 11) is -13.7. The number of hydrogen-bond acceptors (Lipinski definition) is 5. The SMILES string of the molecule is O=S(=O)(OS(=O)(=O)C(F)(F)F)C(F)(F)F.[Ar].[Ar]. The Morgan fingerprint density at radius 3 is 0.941 bits per heavy atom. The zero-order valence-electron chi connectivity index (χ0n) is 6.83. The summed E-state index contributed by atoms with van der Waals surface area (Å²) in [6.07, 6.45) is 0. The van der Waals surface area contributed by atoms with Gasteiger partial charge in [-0.05, 0) is 0 Å². The summed E-state index contributed by atoms with van der Waals surface area (Å²) in [4.78, 5) is 0. The molecular formula is C2Ar2F6O5S2. The zero-order valence-corrected chi connectivity index (χ0v) is 9.88.